The maximum atomic E-state index is 12.3. The minimum Gasteiger partial charge on any atom is -0.467 e. The molecule has 2 atom stereocenters. The molecule has 2 unspecified atom stereocenters. The Morgan fingerprint density at radius 1 is 1.43 bits per heavy atom. The Hall–Kier alpha value is -1.82. The molecule has 1 aromatic heterocycles. The number of hydrogen-bond donors (Lipinski definition) is 1. The molecule has 2 aliphatic rings. The van der Waals surface area contributed by atoms with Crippen LogP contribution in [0, 0.1) is 0 Å². The van der Waals surface area contributed by atoms with Gasteiger partial charge in [-0.25, -0.2) is 0 Å². The van der Waals surface area contributed by atoms with Crippen molar-refractivity contribution in [2.24, 2.45) is 0 Å². The number of hydrogen-bond acceptors (Lipinski definition) is 4. The zero-order valence-corrected chi connectivity index (χ0v) is 11.9. The standard InChI is InChI=1S/C15H20N2O4/c18-14-6-5-13(17(14)10-12-4-2-8-21-12)15(19)16-9-11-3-1-7-20-11/h2,4,8,11,13H,1,3,5-7,9-10H2,(H,16,19). The lowest BCUT2D eigenvalue weighted by Crippen LogP contribution is -2.46. The quantitative estimate of drug-likeness (QED) is 0.881. The molecule has 114 valence electrons. The molecule has 2 saturated heterocycles. The normalized spacial score (nSPS) is 25.5. The van der Waals surface area contributed by atoms with Crippen LogP contribution in [0.3, 0.4) is 0 Å². The molecule has 3 rings (SSSR count). The number of nitrogens with one attached hydrogen (secondary N) is 1. The molecule has 0 saturated carbocycles. The molecule has 2 amide bonds. The van der Waals surface area contributed by atoms with Gasteiger partial charge in [0.05, 0.1) is 18.9 Å². The van der Waals surface area contributed by atoms with E-state index in [0.29, 0.717) is 31.7 Å². The molecule has 6 nitrogen and oxygen atoms in total. The van der Waals surface area contributed by atoms with E-state index in [9.17, 15) is 9.59 Å². The van der Waals surface area contributed by atoms with Gasteiger partial charge in [0.15, 0.2) is 0 Å². The Labute approximate surface area is 123 Å². The topological polar surface area (TPSA) is 71.8 Å². The van der Waals surface area contributed by atoms with Crippen molar-refractivity contribution in [1.29, 1.82) is 0 Å². The molecule has 0 bridgehead atoms. The highest BCUT2D eigenvalue weighted by molar-refractivity contribution is 5.90. The van der Waals surface area contributed by atoms with Gasteiger partial charge in [0.25, 0.3) is 0 Å². The Bertz CT molecular complexity index is 494. The Kier molecular flexibility index (Phi) is 4.24. The maximum absolute atomic E-state index is 12.3. The second-order valence-corrected chi connectivity index (χ2v) is 5.54. The third kappa shape index (κ3) is 3.26. The molecule has 1 N–H and O–H groups in total. The highest BCUT2D eigenvalue weighted by Gasteiger charge is 2.36. The third-order valence-electron chi connectivity index (χ3n) is 4.07. The Morgan fingerprint density at radius 2 is 2.33 bits per heavy atom. The van der Waals surface area contributed by atoms with Gasteiger partial charge in [-0.3, -0.25) is 9.59 Å². The minimum absolute atomic E-state index is 0.00339. The van der Waals surface area contributed by atoms with Crippen LogP contribution in [0.5, 0.6) is 0 Å². The van der Waals surface area contributed by atoms with Gasteiger partial charge in [0.2, 0.25) is 11.8 Å². The fourth-order valence-corrected chi connectivity index (χ4v) is 2.91. The fraction of sp³-hybridized carbons (Fsp3) is 0.600. The van der Waals surface area contributed by atoms with Gasteiger partial charge in [-0.05, 0) is 31.4 Å². The van der Waals surface area contributed by atoms with Gasteiger partial charge < -0.3 is 19.4 Å². The van der Waals surface area contributed by atoms with Crippen molar-refractivity contribution in [3.63, 3.8) is 0 Å². The van der Waals surface area contributed by atoms with E-state index in [-0.39, 0.29) is 17.9 Å². The first-order valence-electron chi connectivity index (χ1n) is 7.45. The van der Waals surface area contributed by atoms with Crippen LogP contribution in [0.1, 0.15) is 31.4 Å². The van der Waals surface area contributed by atoms with Crippen LogP contribution in [0.4, 0.5) is 0 Å². The summed E-state index contributed by atoms with van der Waals surface area (Å²) in [5.41, 5.74) is 0. The average molecular weight is 292 g/mol. The van der Waals surface area contributed by atoms with E-state index >= 15 is 0 Å². The molecule has 0 aliphatic carbocycles. The van der Waals surface area contributed by atoms with Crippen molar-refractivity contribution in [2.45, 2.75) is 44.4 Å². The summed E-state index contributed by atoms with van der Waals surface area (Å²) in [7, 11) is 0. The fourth-order valence-electron chi connectivity index (χ4n) is 2.91. The summed E-state index contributed by atoms with van der Waals surface area (Å²) >= 11 is 0. The van der Waals surface area contributed by atoms with Crippen molar-refractivity contribution in [2.75, 3.05) is 13.2 Å². The summed E-state index contributed by atoms with van der Waals surface area (Å²) in [4.78, 5) is 25.9. The second kappa shape index (κ2) is 6.30. The molecule has 2 fully saturated rings. The van der Waals surface area contributed by atoms with E-state index in [1.807, 2.05) is 6.07 Å². The number of rotatable bonds is 5. The number of nitrogens with zero attached hydrogens (tertiary/aromatic N) is 1. The van der Waals surface area contributed by atoms with Gasteiger partial charge in [-0.1, -0.05) is 0 Å². The molecule has 1 aromatic rings. The van der Waals surface area contributed by atoms with Crippen LogP contribution >= 0.6 is 0 Å². The van der Waals surface area contributed by atoms with Crippen LogP contribution in [-0.4, -0.2) is 42.0 Å². The summed E-state index contributed by atoms with van der Waals surface area (Å²) in [6, 6.07) is 3.19. The largest absolute Gasteiger partial charge is 0.467 e. The Morgan fingerprint density at radius 3 is 3.05 bits per heavy atom. The lowest BCUT2D eigenvalue weighted by Gasteiger charge is -2.23. The summed E-state index contributed by atoms with van der Waals surface area (Å²) in [6.07, 6.45) is 4.70. The number of ether oxygens (including phenoxy) is 1. The van der Waals surface area contributed by atoms with E-state index in [2.05, 4.69) is 5.32 Å². The summed E-state index contributed by atoms with van der Waals surface area (Å²) in [6.45, 7) is 1.65. The van der Waals surface area contributed by atoms with Crippen LogP contribution in [0.25, 0.3) is 0 Å². The van der Waals surface area contributed by atoms with E-state index in [1.165, 1.54) is 0 Å². The first-order chi connectivity index (χ1) is 10.2. The SMILES string of the molecule is O=C(NCC1CCCO1)C1CCC(=O)N1Cc1ccco1. The first kappa shape index (κ1) is 14.1. The Balaban J connectivity index is 1.56. The van der Waals surface area contributed by atoms with E-state index in [0.717, 1.165) is 19.4 Å². The third-order valence-corrected chi connectivity index (χ3v) is 4.07. The highest BCUT2D eigenvalue weighted by Crippen LogP contribution is 2.22. The van der Waals surface area contributed by atoms with Gasteiger partial charge in [0, 0.05) is 19.6 Å². The zero-order chi connectivity index (χ0) is 14.7. The molecule has 0 radical (unpaired) electrons. The second-order valence-electron chi connectivity index (χ2n) is 5.54. The summed E-state index contributed by atoms with van der Waals surface area (Å²) in [5.74, 6) is 0.605. The number of furan rings is 1. The van der Waals surface area contributed by atoms with Gasteiger partial charge in [0.1, 0.15) is 11.8 Å². The van der Waals surface area contributed by atoms with Crippen LogP contribution in [0.2, 0.25) is 0 Å². The molecule has 21 heavy (non-hydrogen) atoms. The molecule has 6 heteroatoms. The van der Waals surface area contributed by atoms with Gasteiger partial charge in [-0.2, -0.15) is 0 Å². The van der Waals surface area contributed by atoms with Crippen LogP contribution in [-0.2, 0) is 20.9 Å². The minimum atomic E-state index is -0.399. The lowest BCUT2D eigenvalue weighted by molar-refractivity contribution is -0.136. The van der Waals surface area contributed by atoms with Gasteiger partial charge in [-0.15, -0.1) is 0 Å². The number of carbonyl (C=O) groups excluding carboxylic acids is 2. The average Bonchev–Trinajstić information content (AvgIpc) is 3.21. The maximum Gasteiger partial charge on any atom is 0.242 e. The first-order valence-corrected chi connectivity index (χ1v) is 7.45. The molecular weight excluding hydrogens is 272 g/mol. The number of likely N-dealkylation sites (tertiary alicyclic amines) is 1. The molecule has 0 spiro atoms. The lowest BCUT2D eigenvalue weighted by atomic mass is 10.2. The monoisotopic (exact) mass is 292 g/mol. The number of amides is 2. The highest BCUT2D eigenvalue weighted by atomic mass is 16.5. The predicted molar refractivity (Wildman–Crippen MR) is 74.3 cm³/mol. The molecule has 2 aliphatic heterocycles. The predicted octanol–water partition coefficient (Wildman–Crippen LogP) is 1.07. The van der Waals surface area contributed by atoms with E-state index in [4.69, 9.17) is 9.15 Å². The van der Waals surface area contributed by atoms with Crippen molar-refractivity contribution in [1.82, 2.24) is 10.2 Å². The number of carbonyl (C=O) groups is 2. The molecule has 0 aromatic carbocycles. The van der Waals surface area contributed by atoms with Crippen LogP contribution < -0.4 is 5.32 Å². The zero-order valence-electron chi connectivity index (χ0n) is 11.9. The van der Waals surface area contributed by atoms with Crippen LogP contribution in [0.15, 0.2) is 22.8 Å². The van der Waals surface area contributed by atoms with Crippen molar-refractivity contribution in [3.05, 3.63) is 24.2 Å². The molecular formula is C15H20N2O4. The smallest absolute Gasteiger partial charge is 0.242 e. The van der Waals surface area contributed by atoms with Crippen molar-refractivity contribution in [3.8, 4) is 0 Å². The summed E-state index contributed by atoms with van der Waals surface area (Å²) < 4.78 is 10.8. The van der Waals surface area contributed by atoms with Crippen molar-refractivity contribution < 1.29 is 18.7 Å². The van der Waals surface area contributed by atoms with Crippen molar-refractivity contribution >= 4 is 11.8 Å². The summed E-state index contributed by atoms with van der Waals surface area (Å²) in [5, 5.41) is 2.91. The van der Waals surface area contributed by atoms with E-state index in [1.54, 1.807) is 17.2 Å². The molecule has 3 heterocycles. The van der Waals surface area contributed by atoms with E-state index < -0.39 is 6.04 Å². The van der Waals surface area contributed by atoms with Gasteiger partial charge >= 0.3 is 0 Å².